The number of H-pyrrole nitrogens is 1. The van der Waals surface area contributed by atoms with E-state index in [1.807, 2.05) is 30.3 Å². The molecular formula is C25H25ClN2O2. The van der Waals surface area contributed by atoms with Crippen molar-refractivity contribution in [2.45, 2.75) is 25.8 Å². The number of benzene rings is 3. The van der Waals surface area contributed by atoms with Gasteiger partial charge in [0.25, 0.3) is 0 Å². The minimum Gasteiger partial charge on any atom is -0.507 e. The van der Waals surface area contributed by atoms with Crippen LogP contribution in [0.3, 0.4) is 0 Å². The topological polar surface area (TPSA) is 48.5 Å². The molecule has 0 spiro atoms. The van der Waals surface area contributed by atoms with Crippen molar-refractivity contribution < 1.29 is 9.84 Å². The highest BCUT2D eigenvalue weighted by Crippen LogP contribution is 2.45. The number of aromatic hydroxyl groups is 1. The molecule has 4 aromatic rings. The summed E-state index contributed by atoms with van der Waals surface area (Å²) in [7, 11) is 0. The first-order chi connectivity index (χ1) is 14.7. The fourth-order valence-corrected chi connectivity index (χ4v) is 4.81. The number of phenols is 1. The Kier molecular flexibility index (Phi) is 4.95. The normalized spacial score (nSPS) is 15.8. The molecule has 4 nitrogen and oxygen atoms in total. The molecule has 2 heterocycles. The van der Waals surface area contributed by atoms with Crippen LogP contribution in [-0.4, -0.2) is 29.1 Å². The van der Waals surface area contributed by atoms with Gasteiger partial charge in [-0.3, -0.25) is 0 Å². The molecule has 0 bridgehead atoms. The summed E-state index contributed by atoms with van der Waals surface area (Å²) in [5.41, 5.74) is 4.54. The SMILES string of the molecule is CCCOc1ccc2[nH]c(CN3C[C@@H](CCl)c4c3cc(O)c3ccccc43)cc2c1. The highest BCUT2D eigenvalue weighted by molar-refractivity contribution is 6.18. The fraction of sp³-hybridized carbons (Fsp3) is 0.280. The maximum absolute atomic E-state index is 10.6. The Bertz CT molecular complexity index is 1220. The predicted octanol–water partition coefficient (Wildman–Crippen LogP) is 6.16. The molecule has 2 N–H and O–H groups in total. The lowest BCUT2D eigenvalue weighted by molar-refractivity contribution is 0.318. The predicted molar refractivity (Wildman–Crippen MR) is 124 cm³/mol. The first kappa shape index (κ1) is 19.1. The third kappa shape index (κ3) is 3.25. The summed E-state index contributed by atoms with van der Waals surface area (Å²) in [5, 5.41) is 13.7. The lowest BCUT2D eigenvalue weighted by atomic mass is 9.95. The van der Waals surface area contributed by atoms with E-state index in [2.05, 4.69) is 41.1 Å². The number of phenolic OH excluding ortho intramolecular Hbond substituents is 1. The van der Waals surface area contributed by atoms with Gasteiger partial charge in [0.15, 0.2) is 0 Å². The summed E-state index contributed by atoms with van der Waals surface area (Å²) in [6, 6.07) is 18.3. The smallest absolute Gasteiger partial charge is 0.125 e. The number of aromatic nitrogens is 1. The Morgan fingerprint density at radius 2 is 1.97 bits per heavy atom. The molecule has 0 fully saturated rings. The summed E-state index contributed by atoms with van der Waals surface area (Å²) in [4.78, 5) is 5.84. The first-order valence-electron chi connectivity index (χ1n) is 10.5. The van der Waals surface area contributed by atoms with Crippen molar-refractivity contribution in [3.05, 3.63) is 65.9 Å². The number of halogens is 1. The Hall–Kier alpha value is -2.85. The van der Waals surface area contributed by atoms with Crippen molar-refractivity contribution in [3.63, 3.8) is 0 Å². The van der Waals surface area contributed by atoms with Crippen LogP contribution < -0.4 is 9.64 Å². The van der Waals surface area contributed by atoms with Crippen molar-refractivity contribution >= 4 is 39.0 Å². The van der Waals surface area contributed by atoms with Gasteiger partial charge in [-0.05, 0) is 41.6 Å². The summed E-state index contributed by atoms with van der Waals surface area (Å²) in [6.07, 6.45) is 0.994. The number of nitrogens with zero attached hydrogens (tertiary/aromatic N) is 1. The van der Waals surface area contributed by atoms with Gasteiger partial charge in [-0.2, -0.15) is 0 Å². The van der Waals surface area contributed by atoms with Crippen LogP contribution in [0, 0.1) is 0 Å². The van der Waals surface area contributed by atoms with Crippen molar-refractivity contribution in [1.82, 2.24) is 4.98 Å². The molecule has 1 aromatic heterocycles. The molecule has 0 aliphatic carbocycles. The van der Waals surface area contributed by atoms with Gasteiger partial charge in [0.2, 0.25) is 0 Å². The lowest BCUT2D eigenvalue weighted by Gasteiger charge is -2.19. The van der Waals surface area contributed by atoms with Crippen molar-refractivity contribution in [2.75, 3.05) is 23.9 Å². The van der Waals surface area contributed by atoms with Gasteiger partial charge >= 0.3 is 0 Å². The maximum atomic E-state index is 10.6. The van der Waals surface area contributed by atoms with Crippen molar-refractivity contribution in [1.29, 1.82) is 0 Å². The molecule has 1 atom stereocenters. The lowest BCUT2D eigenvalue weighted by Crippen LogP contribution is -2.21. The van der Waals surface area contributed by atoms with Gasteiger partial charge in [0, 0.05) is 52.1 Å². The number of alkyl halides is 1. The number of anilines is 1. The average Bonchev–Trinajstić information content (AvgIpc) is 3.33. The van der Waals surface area contributed by atoms with Crippen LogP contribution in [0.4, 0.5) is 5.69 Å². The monoisotopic (exact) mass is 420 g/mol. The van der Waals surface area contributed by atoms with Crippen LogP contribution >= 0.6 is 11.6 Å². The maximum Gasteiger partial charge on any atom is 0.125 e. The van der Waals surface area contributed by atoms with E-state index in [0.29, 0.717) is 11.6 Å². The van der Waals surface area contributed by atoms with Gasteiger partial charge in [0.1, 0.15) is 11.5 Å². The van der Waals surface area contributed by atoms with Gasteiger partial charge in [0.05, 0.1) is 13.2 Å². The molecule has 154 valence electrons. The van der Waals surface area contributed by atoms with Crippen molar-refractivity contribution in [3.8, 4) is 11.5 Å². The molecule has 1 aliphatic heterocycles. The molecular weight excluding hydrogens is 396 g/mol. The zero-order valence-electron chi connectivity index (χ0n) is 17.0. The number of rotatable bonds is 6. The molecule has 0 saturated heterocycles. The van der Waals surface area contributed by atoms with E-state index in [1.54, 1.807) is 0 Å². The Balaban J connectivity index is 1.49. The third-order valence-corrected chi connectivity index (χ3v) is 6.27. The molecule has 0 unspecified atom stereocenters. The van der Waals surface area contributed by atoms with E-state index in [1.165, 1.54) is 5.56 Å². The molecule has 5 rings (SSSR count). The first-order valence-corrected chi connectivity index (χ1v) is 11.0. The van der Waals surface area contributed by atoms with Gasteiger partial charge in [-0.25, -0.2) is 0 Å². The standard InChI is InChI=1S/C25H25ClN2O2/c1-2-9-30-19-7-8-22-16(11-19)10-18(27-22)15-28-14-17(13-26)25-21-6-4-3-5-20(21)24(29)12-23(25)28/h3-8,10-12,17,27,29H,2,9,13-15H2,1H3/t17-/m1/s1. The Morgan fingerprint density at radius 3 is 2.77 bits per heavy atom. The molecule has 30 heavy (non-hydrogen) atoms. The second-order valence-corrected chi connectivity index (χ2v) is 8.31. The second-order valence-electron chi connectivity index (χ2n) is 8.00. The van der Waals surface area contributed by atoms with Gasteiger partial charge < -0.3 is 19.7 Å². The zero-order valence-corrected chi connectivity index (χ0v) is 17.7. The highest BCUT2D eigenvalue weighted by atomic mass is 35.5. The van der Waals surface area contributed by atoms with Crippen LogP contribution in [0.2, 0.25) is 0 Å². The minimum absolute atomic E-state index is 0.241. The van der Waals surface area contributed by atoms with Crippen LogP contribution in [0.1, 0.15) is 30.5 Å². The molecule has 0 radical (unpaired) electrons. The summed E-state index contributed by atoms with van der Waals surface area (Å²) >= 11 is 6.36. The zero-order chi connectivity index (χ0) is 20.7. The van der Waals surface area contributed by atoms with Gasteiger partial charge in [-0.15, -0.1) is 11.6 Å². The number of ether oxygens (including phenoxy) is 1. The van der Waals surface area contributed by atoms with E-state index in [0.717, 1.165) is 64.9 Å². The summed E-state index contributed by atoms with van der Waals surface area (Å²) in [5.74, 6) is 2.02. The van der Waals surface area contributed by atoms with Crippen LogP contribution in [-0.2, 0) is 6.54 Å². The number of fused-ring (bicyclic) bond motifs is 4. The third-order valence-electron chi connectivity index (χ3n) is 5.90. The number of hydrogen-bond acceptors (Lipinski definition) is 3. The quantitative estimate of drug-likeness (QED) is 0.367. The molecule has 0 saturated carbocycles. The fourth-order valence-electron chi connectivity index (χ4n) is 4.56. The minimum atomic E-state index is 0.241. The van der Waals surface area contributed by atoms with E-state index in [4.69, 9.17) is 16.3 Å². The van der Waals surface area contributed by atoms with Crippen LogP contribution in [0.15, 0.2) is 54.6 Å². The molecule has 3 aromatic carbocycles. The summed E-state index contributed by atoms with van der Waals surface area (Å²) < 4.78 is 5.77. The van der Waals surface area contributed by atoms with Crippen LogP contribution in [0.5, 0.6) is 11.5 Å². The molecule has 5 heteroatoms. The Morgan fingerprint density at radius 1 is 1.13 bits per heavy atom. The van der Waals surface area contributed by atoms with Gasteiger partial charge in [-0.1, -0.05) is 31.2 Å². The molecule has 0 amide bonds. The van der Waals surface area contributed by atoms with E-state index < -0.39 is 0 Å². The number of hydrogen-bond donors (Lipinski definition) is 2. The van der Waals surface area contributed by atoms with E-state index >= 15 is 0 Å². The average molecular weight is 421 g/mol. The second kappa shape index (κ2) is 7.77. The van der Waals surface area contributed by atoms with E-state index in [-0.39, 0.29) is 5.92 Å². The number of aromatic amines is 1. The van der Waals surface area contributed by atoms with Crippen LogP contribution in [0.25, 0.3) is 21.7 Å². The molecule has 1 aliphatic rings. The number of nitrogens with one attached hydrogen (secondary N) is 1. The highest BCUT2D eigenvalue weighted by Gasteiger charge is 2.31. The van der Waals surface area contributed by atoms with E-state index in [9.17, 15) is 5.11 Å². The Labute approximate surface area is 181 Å². The largest absolute Gasteiger partial charge is 0.507 e. The van der Waals surface area contributed by atoms with Crippen molar-refractivity contribution in [2.24, 2.45) is 0 Å². The summed E-state index contributed by atoms with van der Waals surface area (Å²) in [6.45, 7) is 4.41.